The van der Waals surface area contributed by atoms with E-state index in [0.29, 0.717) is 0 Å². The molecular formula is C17H23N3. The van der Waals surface area contributed by atoms with Crippen LogP contribution in [0.2, 0.25) is 0 Å². The number of hydrogen-bond donors (Lipinski definition) is 1. The number of nitrogens with two attached hydrogens (primary N) is 1. The Bertz CT molecular complexity index is 595. The standard InChI is InChI=1S/C17H23N3/c1-3-4-13-5-7-14(8-6-13)17-16-10-9-15(18)11-20(16)12(2)19-17/h5-8,15H,3-4,9-11,18H2,1-2H3. The molecule has 1 aromatic heterocycles. The lowest BCUT2D eigenvalue weighted by Gasteiger charge is -2.22. The monoisotopic (exact) mass is 269 g/mol. The molecule has 1 aliphatic heterocycles. The normalized spacial score (nSPS) is 18.1. The third kappa shape index (κ3) is 2.38. The highest BCUT2D eigenvalue weighted by atomic mass is 15.1. The number of nitrogens with zero attached hydrogens (tertiary/aromatic N) is 2. The largest absolute Gasteiger partial charge is 0.330 e. The van der Waals surface area contributed by atoms with Crippen molar-refractivity contribution in [2.24, 2.45) is 5.73 Å². The number of hydrogen-bond acceptors (Lipinski definition) is 2. The van der Waals surface area contributed by atoms with Gasteiger partial charge in [0.15, 0.2) is 0 Å². The van der Waals surface area contributed by atoms with Crippen LogP contribution in [0, 0.1) is 6.92 Å². The molecule has 3 heteroatoms. The Morgan fingerprint density at radius 2 is 2.05 bits per heavy atom. The molecule has 0 spiro atoms. The van der Waals surface area contributed by atoms with Crippen molar-refractivity contribution in [3.05, 3.63) is 41.3 Å². The Kier molecular flexibility index (Phi) is 3.62. The predicted octanol–water partition coefficient (Wildman–Crippen LogP) is 3.08. The molecule has 1 aliphatic rings. The molecular weight excluding hydrogens is 246 g/mol. The van der Waals surface area contributed by atoms with Crippen molar-refractivity contribution in [3.63, 3.8) is 0 Å². The number of aromatic nitrogens is 2. The summed E-state index contributed by atoms with van der Waals surface area (Å²) in [7, 11) is 0. The van der Waals surface area contributed by atoms with Gasteiger partial charge in [0.2, 0.25) is 0 Å². The second-order valence-electron chi connectivity index (χ2n) is 5.81. The zero-order chi connectivity index (χ0) is 14.1. The van der Waals surface area contributed by atoms with Crippen LogP contribution >= 0.6 is 0 Å². The molecule has 1 unspecified atom stereocenters. The number of rotatable bonds is 3. The lowest BCUT2D eigenvalue weighted by molar-refractivity contribution is 0.454. The van der Waals surface area contributed by atoms with Crippen LogP contribution in [0.5, 0.6) is 0 Å². The van der Waals surface area contributed by atoms with E-state index in [1.54, 1.807) is 0 Å². The van der Waals surface area contributed by atoms with Crippen LogP contribution in [0.1, 0.15) is 36.8 Å². The van der Waals surface area contributed by atoms with Gasteiger partial charge in [0.05, 0.1) is 5.69 Å². The smallest absolute Gasteiger partial charge is 0.106 e. The van der Waals surface area contributed by atoms with Crippen molar-refractivity contribution in [2.75, 3.05) is 0 Å². The first-order valence-corrected chi connectivity index (χ1v) is 7.60. The quantitative estimate of drug-likeness (QED) is 0.930. The van der Waals surface area contributed by atoms with Crippen molar-refractivity contribution in [1.29, 1.82) is 0 Å². The minimum Gasteiger partial charge on any atom is -0.330 e. The zero-order valence-corrected chi connectivity index (χ0v) is 12.4. The number of fused-ring (bicyclic) bond motifs is 1. The van der Waals surface area contributed by atoms with Crippen LogP contribution in [0.15, 0.2) is 24.3 Å². The minimum atomic E-state index is 0.273. The van der Waals surface area contributed by atoms with Gasteiger partial charge in [0.25, 0.3) is 0 Å². The van der Waals surface area contributed by atoms with Gasteiger partial charge in [0.1, 0.15) is 5.82 Å². The fraction of sp³-hybridized carbons (Fsp3) is 0.471. The van der Waals surface area contributed by atoms with Gasteiger partial charge in [-0.1, -0.05) is 37.6 Å². The molecule has 0 amide bonds. The number of imidazole rings is 1. The molecule has 106 valence electrons. The first kappa shape index (κ1) is 13.4. The highest BCUT2D eigenvalue weighted by Crippen LogP contribution is 2.28. The molecule has 0 radical (unpaired) electrons. The van der Waals surface area contributed by atoms with Gasteiger partial charge in [-0.2, -0.15) is 0 Å². The lowest BCUT2D eigenvalue weighted by Crippen LogP contribution is -2.32. The van der Waals surface area contributed by atoms with Gasteiger partial charge in [-0.15, -0.1) is 0 Å². The van der Waals surface area contributed by atoms with E-state index in [0.717, 1.165) is 37.3 Å². The van der Waals surface area contributed by atoms with E-state index < -0.39 is 0 Å². The van der Waals surface area contributed by atoms with Crippen LogP contribution in [0.25, 0.3) is 11.3 Å². The van der Waals surface area contributed by atoms with Crippen LogP contribution < -0.4 is 5.73 Å². The van der Waals surface area contributed by atoms with E-state index in [2.05, 4.69) is 42.7 Å². The molecule has 0 aliphatic carbocycles. The van der Waals surface area contributed by atoms with Crippen molar-refractivity contribution < 1.29 is 0 Å². The average molecular weight is 269 g/mol. The maximum atomic E-state index is 6.07. The van der Waals surface area contributed by atoms with Crippen LogP contribution in [0.4, 0.5) is 0 Å². The van der Waals surface area contributed by atoms with Crippen molar-refractivity contribution >= 4 is 0 Å². The minimum absolute atomic E-state index is 0.273. The van der Waals surface area contributed by atoms with Gasteiger partial charge < -0.3 is 10.3 Å². The summed E-state index contributed by atoms with van der Waals surface area (Å²) in [5, 5.41) is 0. The molecule has 0 saturated carbocycles. The Morgan fingerprint density at radius 1 is 1.30 bits per heavy atom. The second-order valence-corrected chi connectivity index (χ2v) is 5.81. The maximum Gasteiger partial charge on any atom is 0.106 e. The third-order valence-corrected chi connectivity index (χ3v) is 4.20. The number of aryl methyl sites for hydroxylation is 2. The summed E-state index contributed by atoms with van der Waals surface area (Å²) in [6, 6.07) is 9.16. The summed E-state index contributed by atoms with van der Waals surface area (Å²) in [5.74, 6) is 1.09. The third-order valence-electron chi connectivity index (χ3n) is 4.20. The van der Waals surface area contributed by atoms with Gasteiger partial charge in [-0.05, 0) is 31.7 Å². The molecule has 0 bridgehead atoms. The summed E-state index contributed by atoms with van der Waals surface area (Å²) in [6.45, 7) is 5.20. The highest BCUT2D eigenvalue weighted by Gasteiger charge is 2.22. The van der Waals surface area contributed by atoms with E-state index in [9.17, 15) is 0 Å². The molecule has 3 nitrogen and oxygen atoms in total. The molecule has 1 atom stereocenters. The number of benzene rings is 1. The molecule has 2 N–H and O–H groups in total. The van der Waals surface area contributed by atoms with Gasteiger partial charge in [-0.25, -0.2) is 4.98 Å². The highest BCUT2D eigenvalue weighted by molar-refractivity contribution is 5.63. The van der Waals surface area contributed by atoms with E-state index in [1.165, 1.54) is 23.2 Å². The zero-order valence-electron chi connectivity index (χ0n) is 12.4. The molecule has 2 heterocycles. The topological polar surface area (TPSA) is 43.8 Å². The molecule has 2 aromatic rings. The Labute approximate surface area is 120 Å². The van der Waals surface area contributed by atoms with Crippen LogP contribution in [0.3, 0.4) is 0 Å². The SMILES string of the molecule is CCCc1ccc(-c2nc(C)n3c2CCC(N)C3)cc1. The van der Waals surface area contributed by atoms with Crippen LogP contribution in [-0.4, -0.2) is 15.6 Å². The Hall–Kier alpha value is -1.61. The van der Waals surface area contributed by atoms with Crippen molar-refractivity contribution in [3.8, 4) is 11.3 Å². The first-order valence-electron chi connectivity index (χ1n) is 7.60. The van der Waals surface area contributed by atoms with Crippen LogP contribution in [-0.2, 0) is 19.4 Å². The Morgan fingerprint density at radius 3 is 2.75 bits per heavy atom. The summed E-state index contributed by atoms with van der Waals surface area (Å²) in [4.78, 5) is 4.78. The van der Waals surface area contributed by atoms with Gasteiger partial charge >= 0.3 is 0 Å². The summed E-state index contributed by atoms with van der Waals surface area (Å²) in [6.07, 6.45) is 4.44. The lowest BCUT2D eigenvalue weighted by atomic mass is 10.00. The fourth-order valence-electron chi connectivity index (χ4n) is 3.10. The van der Waals surface area contributed by atoms with Crippen molar-refractivity contribution in [2.45, 2.75) is 52.1 Å². The molecule has 3 rings (SSSR count). The van der Waals surface area contributed by atoms with Crippen molar-refractivity contribution in [1.82, 2.24) is 9.55 Å². The predicted molar refractivity (Wildman–Crippen MR) is 82.7 cm³/mol. The van der Waals surface area contributed by atoms with E-state index >= 15 is 0 Å². The van der Waals surface area contributed by atoms with E-state index in [-0.39, 0.29) is 6.04 Å². The van der Waals surface area contributed by atoms with Gasteiger partial charge in [-0.3, -0.25) is 0 Å². The first-order chi connectivity index (χ1) is 9.69. The van der Waals surface area contributed by atoms with Gasteiger partial charge in [0, 0.05) is 23.8 Å². The summed E-state index contributed by atoms with van der Waals surface area (Å²) < 4.78 is 2.30. The summed E-state index contributed by atoms with van der Waals surface area (Å²) >= 11 is 0. The Balaban J connectivity index is 1.96. The molecule has 20 heavy (non-hydrogen) atoms. The average Bonchev–Trinajstić information content (AvgIpc) is 2.77. The second kappa shape index (κ2) is 5.41. The maximum absolute atomic E-state index is 6.07. The molecule has 0 fully saturated rings. The summed E-state index contributed by atoms with van der Waals surface area (Å²) in [5.41, 5.74) is 11.2. The fourth-order valence-corrected chi connectivity index (χ4v) is 3.10. The van der Waals surface area contributed by atoms with E-state index in [4.69, 9.17) is 10.7 Å². The molecule has 1 aromatic carbocycles. The van der Waals surface area contributed by atoms with E-state index in [1.807, 2.05) is 0 Å². The molecule has 0 saturated heterocycles.